The number of fused-ring (bicyclic) bond motifs is 2. The second-order valence-electron chi connectivity index (χ2n) is 4.03. The van der Waals surface area contributed by atoms with Crippen molar-refractivity contribution in [1.82, 2.24) is 0 Å². The molecule has 0 N–H and O–H groups in total. The van der Waals surface area contributed by atoms with Gasteiger partial charge in [0.1, 0.15) is 5.78 Å². The fourth-order valence-electron chi connectivity index (χ4n) is 2.50. The molecule has 2 aliphatic rings. The minimum atomic E-state index is 0.481. The minimum Gasteiger partial charge on any atom is -0.300 e. The summed E-state index contributed by atoms with van der Waals surface area (Å²) >= 11 is 0. The third kappa shape index (κ3) is 1.37. The van der Waals surface area contributed by atoms with Gasteiger partial charge in [-0.3, -0.25) is 4.79 Å². The summed E-state index contributed by atoms with van der Waals surface area (Å²) in [5, 5.41) is 0. The summed E-state index contributed by atoms with van der Waals surface area (Å²) in [4.78, 5) is 11.2. The second-order valence-corrected chi connectivity index (χ2v) is 4.03. The van der Waals surface area contributed by atoms with Crippen molar-refractivity contribution in [3.05, 3.63) is 11.6 Å². The van der Waals surface area contributed by atoms with Gasteiger partial charge in [0.25, 0.3) is 0 Å². The number of ketones is 1. The molecule has 0 aromatic carbocycles. The van der Waals surface area contributed by atoms with E-state index in [4.69, 9.17) is 0 Å². The molecule has 1 saturated carbocycles. The van der Waals surface area contributed by atoms with Crippen LogP contribution in [0.25, 0.3) is 0 Å². The molecule has 0 radical (unpaired) electrons. The Morgan fingerprint density at radius 3 is 2.91 bits per heavy atom. The zero-order chi connectivity index (χ0) is 7.84. The lowest BCUT2D eigenvalue weighted by Crippen LogP contribution is -2.25. The lowest BCUT2D eigenvalue weighted by molar-refractivity contribution is -0.122. The first-order chi connectivity index (χ1) is 5.24. The molecule has 2 aliphatic carbocycles. The van der Waals surface area contributed by atoms with Crippen molar-refractivity contribution in [2.45, 2.75) is 32.6 Å². The number of Topliss-reactive ketones (excluding diaryl/α,β-unsaturated/α-hetero) is 1. The van der Waals surface area contributed by atoms with Crippen LogP contribution in [0, 0.1) is 11.8 Å². The summed E-state index contributed by atoms with van der Waals surface area (Å²) in [5.74, 6) is 1.76. The predicted molar refractivity (Wildman–Crippen MR) is 44.2 cm³/mol. The van der Waals surface area contributed by atoms with Gasteiger partial charge in [0.05, 0.1) is 0 Å². The van der Waals surface area contributed by atoms with Crippen LogP contribution in [-0.4, -0.2) is 5.78 Å². The van der Waals surface area contributed by atoms with Gasteiger partial charge in [-0.2, -0.15) is 0 Å². The van der Waals surface area contributed by atoms with Crippen LogP contribution in [0.3, 0.4) is 0 Å². The third-order valence-electron chi connectivity index (χ3n) is 2.77. The van der Waals surface area contributed by atoms with Gasteiger partial charge in [0.2, 0.25) is 0 Å². The van der Waals surface area contributed by atoms with Crippen LogP contribution in [0.2, 0.25) is 0 Å². The molecule has 60 valence electrons. The summed E-state index contributed by atoms with van der Waals surface area (Å²) in [7, 11) is 0. The molecule has 2 bridgehead atoms. The fourth-order valence-corrected chi connectivity index (χ4v) is 2.50. The number of rotatable bonds is 0. The molecular formula is C10H14O. The molecule has 0 aromatic rings. The van der Waals surface area contributed by atoms with Crippen LogP contribution >= 0.6 is 0 Å². The van der Waals surface area contributed by atoms with Crippen molar-refractivity contribution in [2.24, 2.45) is 11.8 Å². The average molecular weight is 150 g/mol. The fraction of sp³-hybridized carbons (Fsp3) is 0.700. The normalized spacial score (nSPS) is 36.8. The van der Waals surface area contributed by atoms with E-state index in [0.29, 0.717) is 17.6 Å². The molecule has 2 atom stereocenters. The van der Waals surface area contributed by atoms with Crippen LogP contribution in [0.5, 0.6) is 0 Å². The highest BCUT2D eigenvalue weighted by Gasteiger charge is 2.29. The Morgan fingerprint density at radius 2 is 2.18 bits per heavy atom. The molecule has 0 unspecified atom stereocenters. The molecule has 0 aliphatic heterocycles. The quantitative estimate of drug-likeness (QED) is 0.484. The predicted octanol–water partition coefficient (Wildman–Crippen LogP) is 2.32. The molecule has 2 rings (SSSR count). The van der Waals surface area contributed by atoms with Crippen molar-refractivity contribution >= 4 is 5.78 Å². The third-order valence-corrected chi connectivity index (χ3v) is 2.77. The highest BCUT2D eigenvalue weighted by atomic mass is 16.1. The summed E-state index contributed by atoms with van der Waals surface area (Å²) in [5.41, 5.74) is 1.50. The lowest BCUT2D eigenvalue weighted by Gasteiger charge is -2.31. The maximum Gasteiger partial charge on any atom is 0.133 e. The highest BCUT2D eigenvalue weighted by molar-refractivity contribution is 5.80. The van der Waals surface area contributed by atoms with E-state index in [2.05, 4.69) is 13.0 Å². The molecule has 0 heterocycles. The summed E-state index contributed by atoms with van der Waals surface area (Å²) in [6.45, 7) is 2.19. The van der Waals surface area contributed by atoms with Gasteiger partial charge in [-0.15, -0.1) is 0 Å². The van der Waals surface area contributed by atoms with Crippen molar-refractivity contribution in [3.8, 4) is 0 Å². The second kappa shape index (κ2) is 2.47. The largest absolute Gasteiger partial charge is 0.300 e. The van der Waals surface area contributed by atoms with Gasteiger partial charge in [0.15, 0.2) is 0 Å². The van der Waals surface area contributed by atoms with Crippen molar-refractivity contribution in [3.63, 3.8) is 0 Å². The molecule has 0 aromatic heterocycles. The van der Waals surface area contributed by atoms with Crippen LogP contribution in [0.15, 0.2) is 11.6 Å². The topological polar surface area (TPSA) is 17.1 Å². The lowest BCUT2D eigenvalue weighted by atomic mass is 9.73. The Morgan fingerprint density at radius 1 is 1.36 bits per heavy atom. The van der Waals surface area contributed by atoms with Gasteiger partial charge in [0, 0.05) is 12.8 Å². The smallest absolute Gasteiger partial charge is 0.133 e. The Labute approximate surface area is 67.5 Å². The van der Waals surface area contributed by atoms with E-state index in [1.54, 1.807) is 0 Å². The van der Waals surface area contributed by atoms with Crippen molar-refractivity contribution in [2.75, 3.05) is 0 Å². The van der Waals surface area contributed by atoms with E-state index in [1.807, 2.05) is 0 Å². The van der Waals surface area contributed by atoms with E-state index in [0.717, 1.165) is 12.8 Å². The summed E-state index contributed by atoms with van der Waals surface area (Å²) in [6.07, 6.45) is 6.40. The Hall–Kier alpha value is -0.590. The molecule has 0 saturated heterocycles. The van der Waals surface area contributed by atoms with E-state index >= 15 is 0 Å². The Bertz CT molecular complexity index is 215. The summed E-state index contributed by atoms with van der Waals surface area (Å²) < 4.78 is 0. The molecule has 0 spiro atoms. The van der Waals surface area contributed by atoms with Crippen molar-refractivity contribution < 1.29 is 4.79 Å². The number of hydrogen-bond donors (Lipinski definition) is 0. The highest BCUT2D eigenvalue weighted by Crippen LogP contribution is 2.36. The van der Waals surface area contributed by atoms with E-state index in [1.165, 1.54) is 18.4 Å². The maximum atomic E-state index is 11.2. The number of carbonyl (C=O) groups is 1. The summed E-state index contributed by atoms with van der Waals surface area (Å²) in [6, 6.07) is 0. The van der Waals surface area contributed by atoms with Gasteiger partial charge in [-0.05, 0) is 31.6 Å². The molecule has 1 fully saturated rings. The van der Waals surface area contributed by atoms with E-state index < -0.39 is 0 Å². The van der Waals surface area contributed by atoms with Gasteiger partial charge in [-0.1, -0.05) is 11.6 Å². The Kier molecular flexibility index (Phi) is 1.59. The zero-order valence-corrected chi connectivity index (χ0v) is 6.97. The SMILES string of the molecule is CC1=C[C@@H]2CC(=O)C[C@H](C1)C2. The van der Waals surface area contributed by atoms with Crippen LogP contribution < -0.4 is 0 Å². The maximum absolute atomic E-state index is 11.2. The molecule has 1 heteroatoms. The van der Waals surface area contributed by atoms with Crippen LogP contribution in [-0.2, 0) is 4.79 Å². The first-order valence-corrected chi connectivity index (χ1v) is 4.43. The number of allylic oxidation sites excluding steroid dienone is 2. The van der Waals surface area contributed by atoms with Gasteiger partial charge >= 0.3 is 0 Å². The van der Waals surface area contributed by atoms with Gasteiger partial charge in [-0.25, -0.2) is 0 Å². The first kappa shape index (κ1) is 7.08. The van der Waals surface area contributed by atoms with E-state index in [-0.39, 0.29) is 0 Å². The average Bonchev–Trinajstić information content (AvgIpc) is 1.82. The standard InChI is InChI=1S/C10H14O/c1-7-2-8-4-9(3-7)6-10(11)5-8/h2,8-9H,3-6H2,1H3/t8-,9+/m0/s1. The molecule has 11 heavy (non-hydrogen) atoms. The molecule has 0 amide bonds. The first-order valence-electron chi connectivity index (χ1n) is 4.43. The Balaban J connectivity index is 2.19. The molecular weight excluding hydrogens is 136 g/mol. The molecule has 1 nitrogen and oxygen atoms in total. The van der Waals surface area contributed by atoms with Crippen molar-refractivity contribution in [1.29, 1.82) is 0 Å². The van der Waals surface area contributed by atoms with Gasteiger partial charge < -0.3 is 0 Å². The minimum absolute atomic E-state index is 0.481. The monoisotopic (exact) mass is 150 g/mol. The number of hydrogen-bond acceptors (Lipinski definition) is 1. The van der Waals surface area contributed by atoms with Crippen LogP contribution in [0.4, 0.5) is 0 Å². The zero-order valence-electron chi connectivity index (χ0n) is 6.97. The number of carbonyl (C=O) groups excluding carboxylic acids is 1. The van der Waals surface area contributed by atoms with E-state index in [9.17, 15) is 4.79 Å². The van der Waals surface area contributed by atoms with Crippen LogP contribution in [0.1, 0.15) is 32.6 Å².